The van der Waals surface area contributed by atoms with Gasteiger partial charge in [0.1, 0.15) is 17.5 Å². The Balaban J connectivity index is 1.31. The third-order valence-corrected chi connectivity index (χ3v) is 6.79. The van der Waals surface area contributed by atoms with Crippen LogP contribution in [0.5, 0.6) is 0 Å². The summed E-state index contributed by atoms with van der Waals surface area (Å²) < 4.78 is 31.9. The van der Waals surface area contributed by atoms with E-state index in [-0.39, 0.29) is 11.7 Å². The van der Waals surface area contributed by atoms with Crippen molar-refractivity contribution in [2.75, 3.05) is 5.32 Å². The molecule has 2 aromatic heterocycles. The lowest BCUT2D eigenvalue weighted by Crippen LogP contribution is -2.15. The Morgan fingerprint density at radius 1 is 0.914 bits per heavy atom. The molecule has 1 N–H and O–H groups in total. The van der Waals surface area contributed by atoms with E-state index >= 15 is 0 Å². The zero-order valence-corrected chi connectivity index (χ0v) is 19.1. The minimum atomic E-state index is -0.413. The van der Waals surface area contributed by atoms with Crippen molar-refractivity contribution >= 4 is 11.6 Å². The van der Waals surface area contributed by atoms with Gasteiger partial charge in [-0.05, 0) is 74.6 Å². The average Bonchev–Trinajstić information content (AvgIpc) is 3.53. The smallest absolute Gasteiger partial charge is 0.276 e. The van der Waals surface area contributed by atoms with Crippen molar-refractivity contribution < 1.29 is 13.6 Å². The van der Waals surface area contributed by atoms with Gasteiger partial charge in [0.15, 0.2) is 11.5 Å². The van der Waals surface area contributed by atoms with E-state index in [1.165, 1.54) is 24.3 Å². The van der Waals surface area contributed by atoms with Crippen LogP contribution in [0.15, 0.2) is 42.5 Å². The molecule has 0 saturated heterocycles. The first kappa shape index (κ1) is 21.6. The maximum atomic E-state index is 14.8. The largest absolute Gasteiger partial charge is 0.321 e. The quantitative estimate of drug-likeness (QED) is 0.458. The summed E-state index contributed by atoms with van der Waals surface area (Å²) in [5.74, 6) is 0.253. The number of benzene rings is 2. The van der Waals surface area contributed by atoms with Gasteiger partial charge in [-0.3, -0.25) is 4.79 Å². The maximum Gasteiger partial charge on any atom is 0.276 e. The van der Waals surface area contributed by atoms with Gasteiger partial charge in [0.25, 0.3) is 5.91 Å². The van der Waals surface area contributed by atoms with E-state index < -0.39 is 5.82 Å². The van der Waals surface area contributed by atoms with Crippen LogP contribution in [-0.4, -0.2) is 30.5 Å². The second kappa shape index (κ2) is 8.72. The average molecular weight is 475 g/mol. The van der Waals surface area contributed by atoms with Crippen LogP contribution in [0.3, 0.4) is 0 Å². The standard InChI is InChI=1S/C26H24F2N6O/c27-16-8-11-18(12-9-16)34-22-6-4-5-19(22)24(32-34)26(35)29-17-10-13-21(28)20(15-17)25-31-30-23-7-2-1-3-14-33(23)25/h8-13,15H,1-7,14H2,(H,29,35). The van der Waals surface area contributed by atoms with Crippen LogP contribution in [0.25, 0.3) is 17.1 Å². The predicted octanol–water partition coefficient (Wildman–Crippen LogP) is 4.88. The Kier molecular flexibility index (Phi) is 5.39. The molecule has 178 valence electrons. The lowest BCUT2D eigenvalue weighted by molar-refractivity contribution is 0.102. The van der Waals surface area contributed by atoms with E-state index in [1.54, 1.807) is 22.9 Å². The predicted molar refractivity (Wildman–Crippen MR) is 126 cm³/mol. The number of aromatic nitrogens is 5. The summed E-state index contributed by atoms with van der Waals surface area (Å²) in [6.07, 6.45) is 6.45. The summed E-state index contributed by atoms with van der Waals surface area (Å²) in [5, 5.41) is 16.0. The second-order valence-corrected chi connectivity index (χ2v) is 9.07. The number of hydrogen-bond donors (Lipinski definition) is 1. The SMILES string of the molecule is O=C(Nc1ccc(F)c(-c2nnc3n2CCCCC3)c1)c1nn(-c2ccc(F)cc2)c2c1CCC2. The van der Waals surface area contributed by atoms with Gasteiger partial charge in [0.05, 0.1) is 11.3 Å². The number of anilines is 1. The Labute approximate surface area is 200 Å². The highest BCUT2D eigenvalue weighted by Gasteiger charge is 2.27. The van der Waals surface area contributed by atoms with E-state index in [1.807, 2.05) is 4.57 Å². The van der Waals surface area contributed by atoms with Crippen molar-refractivity contribution in [3.05, 3.63) is 76.9 Å². The summed E-state index contributed by atoms with van der Waals surface area (Å²) in [4.78, 5) is 13.3. The van der Waals surface area contributed by atoms with Crippen LogP contribution in [0.2, 0.25) is 0 Å². The molecule has 1 amide bonds. The van der Waals surface area contributed by atoms with Crippen LogP contribution in [0.1, 0.15) is 53.3 Å². The molecule has 4 aromatic rings. The molecule has 0 fully saturated rings. The van der Waals surface area contributed by atoms with Gasteiger partial charge < -0.3 is 9.88 Å². The molecule has 1 aliphatic heterocycles. The van der Waals surface area contributed by atoms with Crippen molar-refractivity contribution in [2.24, 2.45) is 0 Å². The van der Waals surface area contributed by atoms with Crippen LogP contribution >= 0.6 is 0 Å². The molecule has 0 unspecified atom stereocenters. The molecule has 2 aromatic carbocycles. The first-order valence-electron chi connectivity index (χ1n) is 12.0. The first-order chi connectivity index (χ1) is 17.1. The Bertz CT molecular complexity index is 1420. The van der Waals surface area contributed by atoms with E-state index in [4.69, 9.17) is 0 Å². The monoisotopic (exact) mass is 474 g/mol. The molecule has 1 aliphatic carbocycles. The molecule has 3 heterocycles. The fourth-order valence-corrected chi connectivity index (χ4v) is 5.06. The van der Waals surface area contributed by atoms with Gasteiger partial charge >= 0.3 is 0 Å². The molecule has 0 saturated carbocycles. The minimum absolute atomic E-state index is 0.311. The Morgan fingerprint density at radius 3 is 2.63 bits per heavy atom. The maximum absolute atomic E-state index is 14.8. The van der Waals surface area contributed by atoms with Crippen molar-refractivity contribution in [1.29, 1.82) is 0 Å². The molecular weight excluding hydrogens is 450 g/mol. The van der Waals surface area contributed by atoms with Gasteiger partial charge in [0, 0.05) is 29.9 Å². The fraction of sp³-hybridized carbons (Fsp3) is 0.308. The summed E-state index contributed by atoms with van der Waals surface area (Å²) in [7, 11) is 0. The molecule has 0 atom stereocenters. The third kappa shape index (κ3) is 3.90. The van der Waals surface area contributed by atoms with Gasteiger partial charge in [-0.15, -0.1) is 10.2 Å². The number of nitrogens with zero attached hydrogens (tertiary/aromatic N) is 5. The Morgan fingerprint density at radius 2 is 1.77 bits per heavy atom. The number of hydrogen-bond acceptors (Lipinski definition) is 4. The molecular formula is C26H24F2N6O. The van der Waals surface area contributed by atoms with Gasteiger partial charge in [0.2, 0.25) is 0 Å². The molecule has 0 bridgehead atoms. The zero-order valence-electron chi connectivity index (χ0n) is 19.1. The molecule has 0 radical (unpaired) electrons. The number of carbonyl (C=O) groups excluding carboxylic acids is 1. The van der Waals surface area contributed by atoms with Crippen molar-refractivity contribution in [2.45, 2.75) is 51.5 Å². The van der Waals surface area contributed by atoms with Crippen LogP contribution < -0.4 is 5.32 Å². The normalized spacial score (nSPS) is 14.9. The summed E-state index contributed by atoms with van der Waals surface area (Å²) in [6.45, 7) is 0.751. The summed E-state index contributed by atoms with van der Waals surface area (Å²) in [5.41, 5.74) is 3.68. The van der Waals surface area contributed by atoms with E-state index in [0.29, 0.717) is 28.5 Å². The summed E-state index contributed by atoms with van der Waals surface area (Å²) in [6, 6.07) is 10.5. The number of nitrogens with one attached hydrogen (secondary N) is 1. The summed E-state index contributed by atoms with van der Waals surface area (Å²) >= 11 is 0. The molecule has 35 heavy (non-hydrogen) atoms. The van der Waals surface area contributed by atoms with Gasteiger partial charge in [-0.2, -0.15) is 5.10 Å². The number of halogens is 2. The number of aryl methyl sites for hydroxylation is 1. The van der Waals surface area contributed by atoms with E-state index in [2.05, 4.69) is 20.6 Å². The third-order valence-electron chi connectivity index (χ3n) is 6.79. The van der Waals surface area contributed by atoms with Crippen molar-refractivity contribution in [1.82, 2.24) is 24.5 Å². The number of fused-ring (bicyclic) bond motifs is 2. The lowest BCUT2D eigenvalue weighted by Gasteiger charge is -2.10. The molecule has 7 nitrogen and oxygen atoms in total. The topological polar surface area (TPSA) is 77.6 Å². The number of carbonyl (C=O) groups is 1. The molecule has 9 heteroatoms. The van der Waals surface area contributed by atoms with Gasteiger partial charge in [-0.1, -0.05) is 6.42 Å². The fourth-order valence-electron chi connectivity index (χ4n) is 5.06. The van der Waals surface area contributed by atoms with Crippen LogP contribution in [0, 0.1) is 11.6 Å². The van der Waals surface area contributed by atoms with Crippen LogP contribution in [0.4, 0.5) is 14.5 Å². The molecule has 2 aliphatic rings. The minimum Gasteiger partial charge on any atom is -0.321 e. The van der Waals surface area contributed by atoms with E-state index in [9.17, 15) is 13.6 Å². The van der Waals surface area contributed by atoms with Crippen molar-refractivity contribution in [3.63, 3.8) is 0 Å². The Hall–Kier alpha value is -3.88. The molecule has 6 rings (SSSR count). The first-order valence-corrected chi connectivity index (χ1v) is 12.0. The van der Waals surface area contributed by atoms with E-state index in [0.717, 1.165) is 68.6 Å². The number of rotatable bonds is 4. The highest BCUT2D eigenvalue weighted by Crippen LogP contribution is 2.30. The second-order valence-electron chi connectivity index (χ2n) is 9.07. The molecule has 0 spiro atoms. The zero-order chi connectivity index (χ0) is 23.9. The van der Waals surface area contributed by atoms with Gasteiger partial charge in [-0.25, -0.2) is 13.5 Å². The number of amides is 1. The van der Waals surface area contributed by atoms with Crippen molar-refractivity contribution in [3.8, 4) is 17.1 Å². The highest BCUT2D eigenvalue weighted by atomic mass is 19.1. The highest BCUT2D eigenvalue weighted by molar-refractivity contribution is 6.04. The lowest BCUT2D eigenvalue weighted by atomic mass is 10.1. The van der Waals surface area contributed by atoms with Crippen LogP contribution in [-0.2, 0) is 25.8 Å².